The summed E-state index contributed by atoms with van der Waals surface area (Å²) in [5.74, 6) is 0.808. The van der Waals surface area contributed by atoms with Crippen molar-refractivity contribution >= 4 is 39.8 Å². The Balaban J connectivity index is 1.23. The van der Waals surface area contributed by atoms with Crippen LogP contribution in [0.1, 0.15) is 33.8 Å². The maximum atomic E-state index is 13.4. The van der Waals surface area contributed by atoms with Crippen molar-refractivity contribution in [2.24, 2.45) is 0 Å². The standard InChI is InChI=1S/C30H25FN8OS/c1-18(19-5-8-21(31)9-6-19)37-30(40)24-16-39(27-4-2-3-13-33-27)38-29(24)34-15-22-10-12-26(41-22)20-7-11-25-23(14-20)28(32)36-17-35-25/h2-14,16-18H,15H2,1H3,(H,34,38)(H,37,40)(H2,32,35,36)/t18-/m0/s1. The molecule has 1 atom stereocenters. The van der Waals surface area contributed by atoms with Crippen molar-refractivity contribution in [3.63, 3.8) is 0 Å². The fourth-order valence-electron chi connectivity index (χ4n) is 4.42. The largest absolute Gasteiger partial charge is 0.383 e. The smallest absolute Gasteiger partial charge is 0.257 e. The second-order valence-electron chi connectivity index (χ2n) is 9.38. The summed E-state index contributed by atoms with van der Waals surface area (Å²) in [7, 11) is 0. The van der Waals surface area contributed by atoms with Crippen LogP contribution >= 0.6 is 11.3 Å². The predicted molar refractivity (Wildman–Crippen MR) is 158 cm³/mol. The molecule has 1 amide bonds. The molecule has 4 heterocycles. The monoisotopic (exact) mass is 564 g/mol. The van der Waals surface area contributed by atoms with E-state index in [1.165, 1.54) is 18.5 Å². The number of benzene rings is 2. The number of anilines is 2. The van der Waals surface area contributed by atoms with Gasteiger partial charge in [-0.1, -0.05) is 24.3 Å². The van der Waals surface area contributed by atoms with Crippen molar-refractivity contribution < 1.29 is 9.18 Å². The number of pyridine rings is 1. The van der Waals surface area contributed by atoms with Crippen molar-refractivity contribution in [2.75, 3.05) is 11.1 Å². The topological polar surface area (TPSA) is 124 Å². The van der Waals surface area contributed by atoms with Crippen LogP contribution < -0.4 is 16.4 Å². The lowest BCUT2D eigenvalue weighted by molar-refractivity contribution is 0.0940. The van der Waals surface area contributed by atoms with Crippen molar-refractivity contribution in [1.29, 1.82) is 0 Å². The summed E-state index contributed by atoms with van der Waals surface area (Å²) in [6.07, 6.45) is 4.78. The van der Waals surface area contributed by atoms with Gasteiger partial charge in [0.05, 0.1) is 18.1 Å². The molecule has 0 aliphatic carbocycles. The number of fused-ring (bicyclic) bond motifs is 1. The highest BCUT2D eigenvalue weighted by molar-refractivity contribution is 7.15. The summed E-state index contributed by atoms with van der Waals surface area (Å²) in [5, 5.41) is 11.7. The zero-order valence-electron chi connectivity index (χ0n) is 22.0. The highest BCUT2D eigenvalue weighted by Crippen LogP contribution is 2.32. The van der Waals surface area contributed by atoms with E-state index in [4.69, 9.17) is 5.73 Å². The number of halogens is 1. The van der Waals surface area contributed by atoms with E-state index in [1.807, 2.05) is 55.5 Å². The average Bonchev–Trinajstić information content (AvgIpc) is 3.65. The van der Waals surface area contributed by atoms with Gasteiger partial charge < -0.3 is 16.4 Å². The Kier molecular flexibility index (Phi) is 7.09. The fraction of sp³-hybridized carbons (Fsp3) is 0.100. The van der Waals surface area contributed by atoms with E-state index >= 15 is 0 Å². The minimum atomic E-state index is -0.338. The number of hydrogen-bond acceptors (Lipinski definition) is 8. The Bertz CT molecular complexity index is 1840. The van der Waals surface area contributed by atoms with E-state index in [2.05, 4.69) is 30.7 Å². The first-order valence-corrected chi connectivity index (χ1v) is 13.7. The van der Waals surface area contributed by atoms with Crippen LogP contribution in [0.2, 0.25) is 0 Å². The van der Waals surface area contributed by atoms with Crippen molar-refractivity contribution in [2.45, 2.75) is 19.5 Å². The van der Waals surface area contributed by atoms with Gasteiger partial charge in [-0.2, -0.15) is 0 Å². The van der Waals surface area contributed by atoms with Crippen molar-refractivity contribution in [1.82, 2.24) is 30.0 Å². The average molecular weight is 565 g/mol. The zero-order chi connectivity index (χ0) is 28.3. The van der Waals surface area contributed by atoms with Gasteiger partial charge >= 0.3 is 0 Å². The fourth-order valence-corrected chi connectivity index (χ4v) is 5.36. The first-order valence-electron chi connectivity index (χ1n) is 12.9. The Morgan fingerprint density at radius 2 is 1.90 bits per heavy atom. The zero-order valence-corrected chi connectivity index (χ0v) is 22.8. The molecule has 0 fully saturated rings. The number of nitrogens with two attached hydrogens (primary N) is 1. The molecule has 4 aromatic heterocycles. The third-order valence-corrected chi connectivity index (χ3v) is 7.74. The molecule has 6 aromatic rings. The molecule has 4 N–H and O–H groups in total. The molecular formula is C30H25FN8OS. The van der Waals surface area contributed by atoms with Crippen LogP contribution in [0.4, 0.5) is 16.0 Å². The van der Waals surface area contributed by atoms with E-state index in [0.717, 1.165) is 31.8 Å². The van der Waals surface area contributed by atoms with Gasteiger partial charge in [-0.15, -0.1) is 16.4 Å². The normalized spacial score (nSPS) is 11.9. The van der Waals surface area contributed by atoms with E-state index in [1.54, 1.807) is 40.5 Å². The van der Waals surface area contributed by atoms with E-state index in [0.29, 0.717) is 29.6 Å². The molecule has 6 rings (SSSR count). The Hall–Kier alpha value is -5.16. The van der Waals surface area contributed by atoms with E-state index < -0.39 is 0 Å². The predicted octanol–water partition coefficient (Wildman–Crippen LogP) is 5.76. The lowest BCUT2D eigenvalue weighted by atomic mass is 10.1. The third kappa shape index (κ3) is 5.61. The Labute approximate surface area is 238 Å². The van der Waals surface area contributed by atoms with Crippen LogP contribution in [0.3, 0.4) is 0 Å². The maximum absolute atomic E-state index is 13.4. The summed E-state index contributed by atoms with van der Waals surface area (Å²) in [6.45, 7) is 2.30. The van der Waals surface area contributed by atoms with Gasteiger partial charge in [-0.25, -0.2) is 24.0 Å². The number of nitrogens with zero attached hydrogens (tertiary/aromatic N) is 5. The quantitative estimate of drug-likeness (QED) is 0.215. The lowest BCUT2D eigenvalue weighted by Crippen LogP contribution is -2.27. The van der Waals surface area contributed by atoms with Crippen LogP contribution in [0.5, 0.6) is 0 Å². The SMILES string of the molecule is C[C@H](NC(=O)c1cn(-c2ccccn2)nc1NCc1ccc(-c2ccc3ncnc(N)c3c2)s1)c1ccc(F)cc1. The highest BCUT2D eigenvalue weighted by Gasteiger charge is 2.20. The Morgan fingerprint density at radius 1 is 1.05 bits per heavy atom. The first-order chi connectivity index (χ1) is 19.9. The highest BCUT2D eigenvalue weighted by atomic mass is 32.1. The van der Waals surface area contributed by atoms with Gasteiger partial charge in [0.2, 0.25) is 0 Å². The van der Waals surface area contributed by atoms with E-state index in [9.17, 15) is 9.18 Å². The maximum Gasteiger partial charge on any atom is 0.257 e. The third-order valence-electron chi connectivity index (χ3n) is 6.60. The molecule has 0 aliphatic rings. The minimum absolute atomic E-state index is 0.311. The second-order valence-corrected chi connectivity index (χ2v) is 10.5. The number of hydrogen-bond donors (Lipinski definition) is 3. The van der Waals surface area contributed by atoms with E-state index in [-0.39, 0.29) is 17.8 Å². The lowest BCUT2D eigenvalue weighted by Gasteiger charge is -2.14. The van der Waals surface area contributed by atoms with Gasteiger partial charge in [0.25, 0.3) is 5.91 Å². The number of nitrogen functional groups attached to an aromatic ring is 1. The number of thiophene rings is 1. The molecule has 0 bridgehead atoms. The molecule has 2 aromatic carbocycles. The second kappa shape index (κ2) is 11.1. The van der Waals surface area contributed by atoms with Gasteiger partial charge in [0.1, 0.15) is 23.5 Å². The van der Waals surface area contributed by atoms with Crippen LogP contribution in [0.15, 0.2) is 91.5 Å². The summed E-state index contributed by atoms with van der Waals surface area (Å²) in [4.78, 5) is 28.2. The molecule has 0 spiro atoms. The van der Waals surface area contributed by atoms with Crippen molar-refractivity contribution in [3.8, 4) is 16.3 Å². The Morgan fingerprint density at radius 3 is 2.71 bits per heavy atom. The molecule has 0 unspecified atom stereocenters. The number of carbonyl (C=O) groups is 1. The molecular weight excluding hydrogens is 539 g/mol. The molecule has 0 radical (unpaired) electrons. The molecule has 11 heteroatoms. The summed E-state index contributed by atoms with van der Waals surface area (Å²) < 4.78 is 14.9. The minimum Gasteiger partial charge on any atom is -0.383 e. The number of carbonyl (C=O) groups excluding carboxylic acids is 1. The molecule has 0 aliphatic heterocycles. The number of rotatable bonds is 8. The summed E-state index contributed by atoms with van der Waals surface area (Å²) in [6, 6.07) is 21.2. The van der Waals surface area contributed by atoms with Crippen LogP contribution in [0.25, 0.3) is 27.2 Å². The summed E-state index contributed by atoms with van der Waals surface area (Å²) >= 11 is 1.62. The van der Waals surface area contributed by atoms with Crippen LogP contribution in [-0.4, -0.2) is 30.6 Å². The number of amides is 1. The number of nitrogens with one attached hydrogen (secondary N) is 2. The number of aromatic nitrogens is 5. The molecule has 0 saturated heterocycles. The van der Waals surface area contributed by atoms with Crippen LogP contribution in [-0.2, 0) is 6.54 Å². The molecule has 0 saturated carbocycles. The van der Waals surface area contributed by atoms with Gasteiger partial charge in [-0.3, -0.25) is 4.79 Å². The van der Waals surface area contributed by atoms with Crippen LogP contribution in [0, 0.1) is 5.82 Å². The van der Waals surface area contributed by atoms with Gasteiger partial charge in [0.15, 0.2) is 11.6 Å². The van der Waals surface area contributed by atoms with Crippen molar-refractivity contribution in [3.05, 3.63) is 113 Å². The molecule has 41 heavy (non-hydrogen) atoms. The molecule has 9 nitrogen and oxygen atoms in total. The first kappa shape index (κ1) is 26.1. The molecule has 204 valence electrons. The summed E-state index contributed by atoms with van der Waals surface area (Å²) in [5.41, 5.74) is 9.02. The van der Waals surface area contributed by atoms with Gasteiger partial charge in [-0.05, 0) is 66.6 Å². The van der Waals surface area contributed by atoms with Gasteiger partial charge in [0, 0.05) is 27.5 Å².